The number of rotatable bonds is 3. The standard InChI is InChI=1S/C10H15FN2/c1-4-5-10(2,3)8-6-12-9(11)13-7-8/h6-7H,4-5H2,1-3H3. The van der Waals surface area contributed by atoms with E-state index < -0.39 is 6.08 Å². The fraction of sp³-hybridized carbons (Fsp3) is 0.600. The molecule has 13 heavy (non-hydrogen) atoms. The van der Waals surface area contributed by atoms with Crippen LogP contribution < -0.4 is 0 Å². The molecule has 0 fully saturated rings. The summed E-state index contributed by atoms with van der Waals surface area (Å²) < 4.78 is 12.4. The first kappa shape index (κ1) is 10.1. The molecule has 0 saturated heterocycles. The number of nitrogens with zero attached hydrogens (tertiary/aromatic N) is 2. The number of halogens is 1. The van der Waals surface area contributed by atoms with Crippen LogP contribution in [0.15, 0.2) is 12.4 Å². The summed E-state index contributed by atoms with van der Waals surface area (Å²) in [4.78, 5) is 7.10. The molecule has 0 aliphatic heterocycles. The SMILES string of the molecule is CCCC(C)(C)c1cnc(F)nc1. The van der Waals surface area contributed by atoms with E-state index in [1.807, 2.05) is 0 Å². The van der Waals surface area contributed by atoms with E-state index in [2.05, 4.69) is 30.7 Å². The summed E-state index contributed by atoms with van der Waals surface area (Å²) in [5.41, 5.74) is 1.04. The highest BCUT2D eigenvalue weighted by Gasteiger charge is 2.19. The van der Waals surface area contributed by atoms with Crippen LogP contribution in [0.5, 0.6) is 0 Å². The zero-order valence-corrected chi connectivity index (χ0v) is 8.34. The summed E-state index contributed by atoms with van der Waals surface area (Å²) in [5.74, 6) is 0. The summed E-state index contributed by atoms with van der Waals surface area (Å²) >= 11 is 0. The molecule has 0 aliphatic carbocycles. The van der Waals surface area contributed by atoms with Gasteiger partial charge in [0.1, 0.15) is 0 Å². The zero-order valence-electron chi connectivity index (χ0n) is 8.34. The highest BCUT2D eigenvalue weighted by atomic mass is 19.1. The Morgan fingerprint density at radius 2 is 1.85 bits per heavy atom. The van der Waals surface area contributed by atoms with Gasteiger partial charge < -0.3 is 0 Å². The van der Waals surface area contributed by atoms with Crippen LogP contribution >= 0.6 is 0 Å². The van der Waals surface area contributed by atoms with Crippen LogP contribution in [-0.2, 0) is 5.41 Å². The molecule has 1 heterocycles. The van der Waals surface area contributed by atoms with Gasteiger partial charge in [0.05, 0.1) is 0 Å². The highest BCUT2D eigenvalue weighted by Crippen LogP contribution is 2.26. The summed E-state index contributed by atoms with van der Waals surface area (Å²) in [6, 6.07) is 0. The quantitative estimate of drug-likeness (QED) is 0.672. The third-order valence-corrected chi connectivity index (χ3v) is 2.28. The van der Waals surface area contributed by atoms with Crippen LogP contribution in [0.2, 0.25) is 0 Å². The maximum atomic E-state index is 12.4. The Labute approximate surface area is 78.2 Å². The van der Waals surface area contributed by atoms with E-state index in [0.717, 1.165) is 18.4 Å². The fourth-order valence-corrected chi connectivity index (χ4v) is 1.43. The van der Waals surface area contributed by atoms with E-state index in [0.29, 0.717) is 0 Å². The Hall–Kier alpha value is -0.990. The molecule has 0 amide bonds. The fourth-order valence-electron chi connectivity index (χ4n) is 1.43. The van der Waals surface area contributed by atoms with E-state index in [1.54, 1.807) is 12.4 Å². The summed E-state index contributed by atoms with van der Waals surface area (Å²) in [7, 11) is 0. The van der Waals surface area contributed by atoms with Gasteiger partial charge in [0, 0.05) is 12.4 Å². The first-order valence-corrected chi connectivity index (χ1v) is 4.54. The third kappa shape index (κ3) is 2.47. The minimum absolute atomic E-state index is 0.0441. The lowest BCUT2D eigenvalue weighted by molar-refractivity contribution is 0.460. The molecule has 72 valence electrons. The number of hydrogen-bond acceptors (Lipinski definition) is 2. The number of hydrogen-bond donors (Lipinski definition) is 0. The maximum absolute atomic E-state index is 12.4. The van der Waals surface area contributed by atoms with E-state index in [1.165, 1.54) is 0 Å². The first-order chi connectivity index (χ1) is 6.06. The molecule has 0 aliphatic rings. The van der Waals surface area contributed by atoms with Crippen molar-refractivity contribution >= 4 is 0 Å². The van der Waals surface area contributed by atoms with Crippen molar-refractivity contribution in [1.82, 2.24) is 9.97 Å². The average molecular weight is 182 g/mol. The second kappa shape index (κ2) is 3.81. The van der Waals surface area contributed by atoms with E-state index in [9.17, 15) is 4.39 Å². The van der Waals surface area contributed by atoms with Gasteiger partial charge in [0.2, 0.25) is 0 Å². The predicted octanol–water partition coefficient (Wildman–Crippen LogP) is 2.69. The minimum atomic E-state index is -0.656. The molecule has 0 saturated carbocycles. The summed E-state index contributed by atoms with van der Waals surface area (Å²) in [6.45, 7) is 6.37. The molecular weight excluding hydrogens is 167 g/mol. The van der Waals surface area contributed by atoms with Crippen molar-refractivity contribution in [2.75, 3.05) is 0 Å². The molecule has 1 aromatic heterocycles. The maximum Gasteiger partial charge on any atom is 0.308 e. The Kier molecular flexibility index (Phi) is 2.96. The zero-order chi connectivity index (χ0) is 9.90. The Bertz CT molecular complexity index is 267. The van der Waals surface area contributed by atoms with Gasteiger partial charge in [-0.3, -0.25) is 0 Å². The van der Waals surface area contributed by atoms with Gasteiger partial charge in [-0.05, 0) is 17.4 Å². The van der Waals surface area contributed by atoms with Gasteiger partial charge in [-0.15, -0.1) is 0 Å². The monoisotopic (exact) mass is 182 g/mol. The molecule has 0 N–H and O–H groups in total. The Morgan fingerprint density at radius 1 is 1.31 bits per heavy atom. The van der Waals surface area contributed by atoms with E-state index in [-0.39, 0.29) is 5.41 Å². The summed E-state index contributed by atoms with van der Waals surface area (Å²) in [6.07, 6.45) is 4.64. The molecule has 0 spiro atoms. The lowest BCUT2D eigenvalue weighted by Gasteiger charge is -2.23. The van der Waals surface area contributed by atoms with Crippen LogP contribution in [-0.4, -0.2) is 9.97 Å². The summed E-state index contributed by atoms with van der Waals surface area (Å²) in [5, 5.41) is 0. The van der Waals surface area contributed by atoms with Gasteiger partial charge in [-0.1, -0.05) is 27.2 Å². The van der Waals surface area contributed by atoms with Crippen molar-refractivity contribution in [3.05, 3.63) is 24.0 Å². The van der Waals surface area contributed by atoms with Crippen molar-refractivity contribution in [3.8, 4) is 0 Å². The van der Waals surface area contributed by atoms with Gasteiger partial charge in [-0.25, -0.2) is 9.97 Å². The van der Waals surface area contributed by atoms with Crippen LogP contribution in [0.1, 0.15) is 39.2 Å². The minimum Gasteiger partial charge on any atom is -0.210 e. The second-order valence-corrected chi connectivity index (χ2v) is 3.87. The molecule has 0 bridgehead atoms. The normalized spacial score (nSPS) is 11.7. The smallest absolute Gasteiger partial charge is 0.210 e. The topological polar surface area (TPSA) is 25.8 Å². The lowest BCUT2D eigenvalue weighted by atomic mass is 9.82. The van der Waals surface area contributed by atoms with E-state index >= 15 is 0 Å². The van der Waals surface area contributed by atoms with Gasteiger partial charge in [0.15, 0.2) is 0 Å². The van der Waals surface area contributed by atoms with Crippen LogP contribution in [0.25, 0.3) is 0 Å². The van der Waals surface area contributed by atoms with Crippen molar-refractivity contribution < 1.29 is 4.39 Å². The van der Waals surface area contributed by atoms with Crippen molar-refractivity contribution in [2.45, 2.75) is 39.0 Å². The molecule has 0 unspecified atom stereocenters. The van der Waals surface area contributed by atoms with Crippen LogP contribution in [0.4, 0.5) is 4.39 Å². The van der Waals surface area contributed by atoms with E-state index in [4.69, 9.17) is 0 Å². The van der Waals surface area contributed by atoms with Gasteiger partial charge >= 0.3 is 6.08 Å². The molecule has 1 rings (SSSR count). The Morgan fingerprint density at radius 3 is 2.31 bits per heavy atom. The largest absolute Gasteiger partial charge is 0.308 e. The molecule has 3 heteroatoms. The molecule has 0 aromatic carbocycles. The molecule has 2 nitrogen and oxygen atoms in total. The second-order valence-electron chi connectivity index (χ2n) is 3.87. The lowest BCUT2D eigenvalue weighted by Crippen LogP contribution is -2.17. The average Bonchev–Trinajstić information content (AvgIpc) is 2.05. The van der Waals surface area contributed by atoms with Crippen molar-refractivity contribution in [2.24, 2.45) is 0 Å². The first-order valence-electron chi connectivity index (χ1n) is 4.54. The molecule has 0 atom stereocenters. The number of aromatic nitrogens is 2. The Balaban J connectivity index is 2.87. The molecular formula is C10H15FN2. The third-order valence-electron chi connectivity index (χ3n) is 2.28. The molecule has 0 radical (unpaired) electrons. The van der Waals surface area contributed by atoms with Crippen molar-refractivity contribution in [3.63, 3.8) is 0 Å². The predicted molar refractivity (Wildman–Crippen MR) is 49.9 cm³/mol. The molecule has 1 aromatic rings. The van der Waals surface area contributed by atoms with Gasteiger partial charge in [0.25, 0.3) is 0 Å². The van der Waals surface area contributed by atoms with Crippen LogP contribution in [0, 0.1) is 6.08 Å². The highest BCUT2D eigenvalue weighted by molar-refractivity contribution is 5.15. The van der Waals surface area contributed by atoms with Crippen molar-refractivity contribution in [1.29, 1.82) is 0 Å². The van der Waals surface area contributed by atoms with Crippen LogP contribution in [0.3, 0.4) is 0 Å². The van der Waals surface area contributed by atoms with Gasteiger partial charge in [-0.2, -0.15) is 4.39 Å².